The highest BCUT2D eigenvalue weighted by molar-refractivity contribution is 6.45. The minimum Gasteiger partial charge on any atom is -0.411 e. The van der Waals surface area contributed by atoms with Crippen LogP contribution in [-0.4, -0.2) is 69.0 Å². The number of carbonyl (C=O) groups excluding carboxylic acids is 3. The Hall–Kier alpha value is -4.01. The topological polar surface area (TPSA) is 106 Å². The number of rotatable bonds is 4. The van der Waals surface area contributed by atoms with Gasteiger partial charge in [0.1, 0.15) is 5.82 Å². The number of oxime groups is 1. The number of carbonyl (C=O) groups is 3. The van der Waals surface area contributed by atoms with Crippen molar-refractivity contribution in [2.45, 2.75) is 19.9 Å². The van der Waals surface area contributed by atoms with Crippen molar-refractivity contribution in [2.75, 3.05) is 19.6 Å². The van der Waals surface area contributed by atoms with Crippen molar-refractivity contribution in [1.29, 1.82) is 0 Å². The summed E-state index contributed by atoms with van der Waals surface area (Å²) >= 11 is 0. The SMILES string of the molecule is C/C(=N/O)c1ccc(F)c2c(C(=O)C(=O)N3CCN(C(=O)c4ccccc4)C[C@H]3C)c[nH]c12. The smallest absolute Gasteiger partial charge is 0.295 e. The van der Waals surface area contributed by atoms with Gasteiger partial charge in [0.2, 0.25) is 0 Å². The summed E-state index contributed by atoms with van der Waals surface area (Å²) < 4.78 is 14.6. The first-order valence-electron chi connectivity index (χ1n) is 10.5. The highest BCUT2D eigenvalue weighted by atomic mass is 19.1. The molecule has 0 aliphatic carbocycles. The summed E-state index contributed by atoms with van der Waals surface area (Å²) in [4.78, 5) is 44.7. The first-order chi connectivity index (χ1) is 15.8. The van der Waals surface area contributed by atoms with E-state index >= 15 is 0 Å². The fraction of sp³-hybridized carbons (Fsp3) is 0.250. The summed E-state index contributed by atoms with van der Waals surface area (Å²) in [5.74, 6) is -2.39. The van der Waals surface area contributed by atoms with E-state index in [-0.39, 0.29) is 47.7 Å². The van der Waals surface area contributed by atoms with Gasteiger partial charge in [0.25, 0.3) is 17.6 Å². The predicted molar refractivity (Wildman–Crippen MR) is 120 cm³/mol. The predicted octanol–water partition coefficient (Wildman–Crippen LogP) is 3.06. The Balaban J connectivity index is 1.55. The van der Waals surface area contributed by atoms with E-state index in [1.807, 2.05) is 6.07 Å². The second-order valence-electron chi connectivity index (χ2n) is 8.03. The number of fused-ring (bicyclic) bond motifs is 1. The molecule has 1 fully saturated rings. The zero-order valence-corrected chi connectivity index (χ0v) is 18.2. The summed E-state index contributed by atoms with van der Waals surface area (Å²) in [5, 5.41) is 12.2. The van der Waals surface area contributed by atoms with Crippen LogP contribution in [0.25, 0.3) is 10.9 Å². The molecule has 2 N–H and O–H groups in total. The molecule has 3 aromatic rings. The van der Waals surface area contributed by atoms with E-state index in [0.717, 1.165) is 6.07 Å². The Kier molecular flexibility index (Phi) is 5.95. The zero-order chi connectivity index (χ0) is 23.7. The molecular weight excluding hydrogens is 427 g/mol. The molecule has 1 aliphatic rings. The monoisotopic (exact) mass is 450 g/mol. The Bertz CT molecular complexity index is 1270. The summed E-state index contributed by atoms with van der Waals surface area (Å²) in [6.07, 6.45) is 1.29. The molecule has 4 rings (SSSR count). The van der Waals surface area contributed by atoms with Gasteiger partial charge in [-0.25, -0.2) is 4.39 Å². The fourth-order valence-electron chi connectivity index (χ4n) is 4.19. The number of hydrogen-bond donors (Lipinski definition) is 2. The number of nitrogens with zero attached hydrogens (tertiary/aromatic N) is 3. The van der Waals surface area contributed by atoms with Gasteiger partial charge in [0.15, 0.2) is 0 Å². The number of ketones is 1. The van der Waals surface area contributed by atoms with E-state index in [1.165, 1.54) is 24.1 Å². The van der Waals surface area contributed by atoms with Crippen LogP contribution in [0.5, 0.6) is 0 Å². The first-order valence-corrected chi connectivity index (χ1v) is 10.5. The van der Waals surface area contributed by atoms with E-state index in [0.29, 0.717) is 11.1 Å². The number of H-pyrrole nitrogens is 1. The Morgan fingerprint density at radius 3 is 2.48 bits per heavy atom. The van der Waals surface area contributed by atoms with Crippen LogP contribution < -0.4 is 0 Å². The molecule has 9 heteroatoms. The lowest BCUT2D eigenvalue weighted by Gasteiger charge is -2.39. The van der Waals surface area contributed by atoms with Gasteiger partial charge in [0.05, 0.1) is 16.8 Å². The number of aromatic amines is 1. The van der Waals surface area contributed by atoms with Crippen LogP contribution in [-0.2, 0) is 4.79 Å². The summed E-state index contributed by atoms with van der Waals surface area (Å²) in [5.41, 5.74) is 1.40. The number of amides is 2. The third-order valence-electron chi connectivity index (χ3n) is 5.96. The molecular formula is C24H23FN4O4. The molecule has 1 atom stereocenters. The first kappa shape index (κ1) is 22.2. The molecule has 2 amide bonds. The van der Waals surface area contributed by atoms with Gasteiger partial charge in [-0.05, 0) is 38.1 Å². The molecule has 2 aromatic carbocycles. The molecule has 1 aromatic heterocycles. The third-order valence-corrected chi connectivity index (χ3v) is 5.96. The molecule has 1 saturated heterocycles. The van der Waals surface area contributed by atoms with Crippen LogP contribution in [0.4, 0.5) is 4.39 Å². The van der Waals surface area contributed by atoms with Crippen molar-refractivity contribution in [2.24, 2.45) is 5.16 Å². The second-order valence-corrected chi connectivity index (χ2v) is 8.03. The number of piperazine rings is 1. The number of aromatic nitrogens is 1. The maximum absolute atomic E-state index is 14.6. The summed E-state index contributed by atoms with van der Waals surface area (Å²) in [7, 11) is 0. The van der Waals surface area contributed by atoms with Crippen LogP contribution in [0.2, 0.25) is 0 Å². The number of nitrogens with one attached hydrogen (secondary N) is 1. The fourth-order valence-corrected chi connectivity index (χ4v) is 4.19. The third kappa shape index (κ3) is 3.97. The van der Waals surface area contributed by atoms with Crippen LogP contribution in [0.15, 0.2) is 53.8 Å². The van der Waals surface area contributed by atoms with Gasteiger partial charge in [0, 0.05) is 48.4 Å². The Morgan fingerprint density at radius 1 is 1.09 bits per heavy atom. The number of halogens is 1. The van der Waals surface area contributed by atoms with Crippen molar-refractivity contribution >= 4 is 34.2 Å². The number of hydrogen-bond acceptors (Lipinski definition) is 5. The van der Waals surface area contributed by atoms with E-state index in [1.54, 1.807) is 36.1 Å². The van der Waals surface area contributed by atoms with Crippen molar-refractivity contribution in [3.05, 3.63) is 71.2 Å². The molecule has 1 aliphatic heterocycles. The van der Waals surface area contributed by atoms with Gasteiger partial charge < -0.3 is 20.0 Å². The molecule has 2 heterocycles. The molecule has 0 radical (unpaired) electrons. The van der Waals surface area contributed by atoms with Gasteiger partial charge in [-0.15, -0.1) is 0 Å². The van der Waals surface area contributed by atoms with Gasteiger partial charge in [-0.2, -0.15) is 0 Å². The zero-order valence-electron chi connectivity index (χ0n) is 18.2. The van der Waals surface area contributed by atoms with Crippen LogP contribution in [0.3, 0.4) is 0 Å². The normalized spacial score (nSPS) is 16.8. The van der Waals surface area contributed by atoms with Gasteiger partial charge in [-0.3, -0.25) is 14.4 Å². The minimum atomic E-state index is -0.842. The lowest BCUT2D eigenvalue weighted by Crippen LogP contribution is -2.56. The minimum absolute atomic E-state index is 0.0283. The average molecular weight is 450 g/mol. The van der Waals surface area contributed by atoms with Crippen molar-refractivity contribution in [1.82, 2.24) is 14.8 Å². The summed E-state index contributed by atoms with van der Waals surface area (Å²) in [6.45, 7) is 4.07. The van der Waals surface area contributed by atoms with E-state index < -0.39 is 23.5 Å². The Morgan fingerprint density at radius 2 is 1.82 bits per heavy atom. The van der Waals surface area contributed by atoms with Crippen molar-refractivity contribution < 1.29 is 24.0 Å². The highest BCUT2D eigenvalue weighted by Gasteiger charge is 2.34. The van der Waals surface area contributed by atoms with Crippen LogP contribution in [0, 0.1) is 5.82 Å². The molecule has 0 saturated carbocycles. The molecule has 33 heavy (non-hydrogen) atoms. The molecule has 0 unspecified atom stereocenters. The molecule has 8 nitrogen and oxygen atoms in total. The molecule has 0 spiro atoms. The lowest BCUT2D eigenvalue weighted by molar-refractivity contribution is -0.130. The van der Waals surface area contributed by atoms with E-state index in [2.05, 4.69) is 10.1 Å². The number of benzene rings is 2. The largest absolute Gasteiger partial charge is 0.411 e. The van der Waals surface area contributed by atoms with Crippen molar-refractivity contribution in [3.8, 4) is 0 Å². The van der Waals surface area contributed by atoms with Crippen LogP contribution in [0.1, 0.15) is 40.1 Å². The van der Waals surface area contributed by atoms with Gasteiger partial charge >= 0.3 is 0 Å². The summed E-state index contributed by atoms with van der Waals surface area (Å²) in [6, 6.07) is 11.1. The van der Waals surface area contributed by atoms with E-state index in [4.69, 9.17) is 5.21 Å². The molecule has 0 bridgehead atoms. The maximum atomic E-state index is 14.6. The number of Topliss-reactive ketones (excluding diaryl/α,β-unsaturated/α-hetero) is 1. The average Bonchev–Trinajstić information content (AvgIpc) is 3.29. The quantitative estimate of drug-likeness (QED) is 0.209. The van der Waals surface area contributed by atoms with Crippen LogP contribution >= 0.6 is 0 Å². The van der Waals surface area contributed by atoms with Gasteiger partial charge in [-0.1, -0.05) is 23.4 Å². The Labute approximate surface area is 189 Å². The maximum Gasteiger partial charge on any atom is 0.295 e. The lowest BCUT2D eigenvalue weighted by atomic mass is 10.0. The van der Waals surface area contributed by atoms with Crippen molar-refractivity contribution in [3.63, 3.8) is 0 Å². The molecule has 170 valence electrons. The second kappa shape index (κ2) is 8.85. The van der Waals surface area contributed by atoms with E-state index in [9.17, 15) is 18.8 Å². The standard InChI is InChI=1S/C24H23FN4O4/c1-14-13-28(23(31)16-6-4-3-5-7-16)10-11-29(14)24(32)22(30)18-12-26-21-17(15(2)27-33)8-9-19(25)20(18)21/h3-9,12,14,26,33H,10-11,13H2,1-2H3/b27-15-/t14-/m1/s1. The highest BCUT2D eigenvalue weighted by Crippen LogP contribution is 2.27.